The van der Waals surface area contributed by atoms with Crippen molar-refractivity contribution < 1.29 is 14.3 Å². The quantitative estimate of drug-likeness (QED) is 0.799. The minimum atomic E-state index is -0.627. The van der Waals surface area contributed by atoms with E-state index in [-0.39, 0.29) is 24.5 Å². The summed E-state index contributed by atoms with van der Waals surface area (Å²) in [6.07, 6.45) is 2.00. The number of nitrogens with one attached hydrogen (secondary N) is 1. The topological polar surface area (TPSA) is 71.0 Å². The SMILES string of the molecule is CC1N=C(c2ccccc2)c2cc(Cl)ccc2N(CC(=O)NCC2CCCO2)C1=O. The Labute approximate surface area is 180 Å². The van der Waals surface area contributed by atoms with Gasteiger partial charge in [0.1, 0.15) is 12.6 Å². The lowest BCUT2D eigenvalue weighted by atomic mass is 10.00. The first-order valence-electron chi connectivity index (χ1n) is 10.2. The third kappa shape index (κ3) is 4.40. The number of benzodiazepines with no additional fused rings is 1. The van der Waals surface area contributed by atoms with E-state index in [0.29, 0.717) is 23.0 Å². The number of nitrogens with zero attached hydrogens (tertiary/aromatic N) is 2. The molecule has 4 rings (SSSR count). The Bertz CT molecular complexity index is 971. The van der Waals surface area contributed by atoms with Crippen molar-refractivity contribution in [3.05, 3.63) is 64.7 Å². The number of halogens is 1. The zero-order valence-electron chi connectivity index (χ0n) is 16.8. The fourth-order valence-corrected chi connectivity index (χ4v) is 3.99. The van der Waals surface area contributed by atoms with Crippen LogP contribution >= 0.6 is 11.6 Å². The van der Waals surface area contributed by atoms with Crippen molar-refractivity contribution in [3.63, 3.8) is 0 Å². The van der Waals surface area contributed by atoms with E-state index >= 15 is 0 Å². The molecule has 7 heteroatoms. The van der Waals surface area contributed by atoms with Gasteiger partial charge < -0.3 is 15.0 Å². The molecule has 2 amide bonds. The lowest BCUT2D eigenvalue weighted by Crippen LogP contribution is -2.45. The van der Waals surface area contributed by atoms with Crippen molar-refractivity contribution >= 4 is 34.8 Å². The zero-order chi connectivity index (χ0) is 21.1. The van der Waals surface area contributed by atoms with E-state index in [1.165, 1.54) is 4.90 Å². The molecule has 2 aliphatic rings. The number of aliphatic imine (C=N–C) groups is 1. The first kappa shape index (κ1) is 20.6. The molecule has 2 unspecified atom stereocenters. The molecule has 0 bridgehead atoms. The van der Waals surface area contributed by atoms with Crippen LogP contribution in [0.1, 0.15) is 30.9 Å². The highest BCUT2D eigenvalue weighted by molar-refractivity contribution is 6.32. The molecule has 0 radical (unpaired) electrons. The molecule has 30 heavy (non-hydrogen) atoms. The van der Waals surface area contributed by atoms with Gasteiger partial charge in [0.15, 0.2) is 0 Å². The van der Waals surface area contributed by atoms with Crippen LogP contribution in [0.25, 0.3) is 0 Å². The summed E-state index contributed by atoms with van der Waals surface area (Å²) in [7, 11) is 0. The molecule has 2 aromatic carbocycles. The molecule has 2 aromatic rings. The number of carbonyl (C=O) groups excluding carboxylic acids is 2. The van der Waals surface area contributed by atoms with Crippen molar-refractivity contribution in [1.29, 1.82) is 0 Å². The highest BCUT2D eigenvalue weighted by Crippen LogP contribution is 2.31. The highest BCUT2D eigenvalue weighted by atomic mass is 35.5. The number of rotatable bonds is 5. The molecule has 2 atom stereocenters. The summed E-state index contributed by atoms with van der Waals surface area (Å²) in [4.78, 5) is 32.0. The lowest BCUT2D eigenvalue weighted by molar-refractivity contribution is -0.124. The summed E-state index contributed by atoms with van der Waals surface area (Å²) in [5.74, 6) is -0.452. The molecule has 0 aromatic heterocycles. The average molecular weight is 426 g/mol. The predicted octanol–water partition coefficient (Wildman–Crippen LogP) is 3.21. The molecule has 6 nitrogen and oxygen atoms in total. The van der Waals surface area contributed by atoms with Crippen molar-refractivity contribution in [2.24, 2.45) is 4.99 Å². The highest BCUT2D eigenvalue weighted by Gasteiger charge is 2.31. The number of anilines is 1. The van der Waals surface area contributed by atoms with Gasteiger partial charge in [-0.2, -0.15) is 0 Å². The van der Waals surface area contributed by atoms with Crippen molar-refractivity contribution in [2.75, 3.05) is 24.6 Å². The second-order valence-corrected chi connectivity index (χ2v) is 7.98. The molecular formula is C23H24ClN3O3. The maximum atomic E-state index is 13.1. The Morgan fingerprint density at radius 1 is 1.27 bits per heavy atom. The van der Waals surface area contributed by atoms with Gasteiger partial charge in [-0.25, -0.2) is 0 Å². The van der Waals surface area contributed by atoms with Gasteiger partial charge in [-0.1, -0.05) is 41.9 Å². The zero-order valence-corrected chi connectivity index (χ0v) is 17.6. The molecule has 0 saturated carbocycles. The van der Waals surface area contributed by atoms with E-state index in [4.69, 9.17) is 21.3 Å². The van der Waals surface area contributed by atoms with Gasteiger partial charge in [-0.05, 0) is 38.0 Å². The largest absolute Gasteiger partial charge is 0.376 e. The minimum Gasteiger partial charge on any atom is -0.376 e. The van der Waals surface area contributed by atoms with Crippen LogP contribution in [0.5, 0.6) is 0 Å². The molecule has 156 valence electrons. The number of hydrogen-bond acceptors (Lipinski definition) is 4. The van der Waals surface area contributed by atoms with Crippen LogP contribution in [0.15, 0.2) is 53.5 Å². The maximum Gasteiger partial charge on any atom is 0.252 e. The van der Waals surface area contributed by atoms with Gasteiger partial charge in [0.05, 0.1) is 17.5 Å². The lowest BCUT2D eigenvalue weighted by Gasteiger charge is -2.24. The van der Waals surface area contributed by atoms with Crippen LogP contribution in [0.3, 0.4) is 0 Å². The maximum absolute atomic E-state index is 13.1. The number of ether oxygens (including phenoxy) is 1. The van der Waals surface area contributed by atoms with E-state index in [9.17, 15) is 9.59 Å². The Balaban J connectivity index is 1.64. The Kier molecular flexibility index (Phi) is 6.16. The summed E-state index contributed by atoms with van der Waals surface area (Å²) in [6.45, 7) is 2.85. The van der Waals surface area contributed by atoms with Gasteiger partial charge in [0.25, 0.3) is 5.91 Å². The van der Waals surface area contributed by atoms with Gasteiger partial charge in [-0.3, -0.25) is 14.6 Å². The first-order valence-corrected chi connectivity index (χ1v) is 10.5. The summed E-state index contributed by atoms with van der Waals surface area (Å²) >= 11 is 6.28. The molecule has 2 heterocycles. The Morgan fingerprint density at radius 3 is 2.80 bits per heavy atom. The van der Waals surface area contributed by atoms with Crippen LogP contribution in [0.4, 0.5) is 5.69 Å². The number of amides is 2. The number of benzene rings is 2. The first-order chi connectivity index (χ1) is 14.5. The van der Waals surface area contributed by atoms with Crippen molar-refractivity contribution in [1.82, 2.24) is 5.32 Å². The summed E-state index contributed by atoms with van der Waals surface area (Å²) in [6, 6.07) is 14.4. The summed E-state index contributed by atoms with van der Waals surface area (Å²) < 4.78 is 5.56. The van der Waals surface area contributed by atoms with E-state index in [2.05, 4.69) is 5.32 Å². The third-order valence-electron chi connectivity index (χ3n) is 5.35. The minimum absolute atomic E-state index is 0.0480. The molecule has 0 spiro atoms. The molecule has 2 aliphatic heterocycles. The molecule has 1 fully saturated rings. The normalized spacial score (nSPS) is 21.1. The molecule has 1 saturated heterocycles. The standard InChI is InChI=1S/C23H24ClN3O3/c1-15-23(29)27(14-21(28)25-13-18-8-5-11-30-18)20-10-9-17(24)12-19(20)22(26-15)16-6-3-2-4-7-16/h2-4,6-7,9-10,12,15,18H,5,8,11,13-14H2,1H3,(H,25,28). The molecule has 1 N–H and O–H groups in total. The van der Waals surface area contributed by atoms with Crippen LogP contribution in [0.2, 0.25) is 5.02 Å². The van der Waals surface area contributed by atoms with Crippen LogP contribution in [-0.2, 0) is 14.3 Å². The fraction of sp³-hybridized carbons (Fsp3) is 0.348. The summed E-state index contributed by atoms with van der Waals surface area (Å²) in [5.41, 5.74) is 2.95. The van der Waals surface area contributed by atoms with E-state index in [1.807, 2.05) is 30.3 Å². The van der Waals surface area contributed by atoms with Gasteiger partial charge in [0.2, 0.25) is 5.91 Å². The molecule has 0 aliphatic carbocycles. The smallest absolute Gasteiger partial charge is 0.252 e. The van der Waals surface area contributed by atoms with Crippen molar-refractivity contribution in [2.45, 2.75) is 31.9 Å². The Hall–Kier alpha value is -2.70. The number of carbonyl (C=O) groups is 2. The van der Waals surface area contributed by atoms with Gasteiger partial charge in [-0.15, -0.1) is 0 Å². The third-order valence-corrected chi connectivity index (χ3v) is 5.59. The predicted molar refractivity (Wildman–Crippen MR) is 117 cm³/mol. The average Bonchev–Trinajstić information content (AvgIpc) is 3.25. The second-order valence-electron chi connectivity index (χ2n) is 7.54. The number of hydrogen-bond donors (Lipinski definition) is 1. The van der Waals surface area contributed by atoms with Gasteiger partial charge in [0, 0.05) is 29.3 Å². The monoisotopic (exact) mass is 425 g/mol. The van der Waals surface area contributed by atoms with E-state index < -0.39 is 6.04 Å². The Morgan fingerprint density at radius 2 is 2.07 bits per heavy atom. The number of fused-ring (bicyclic) bond motifs is 1. The van der Waals surface area contributed by atoms with Crippen LogP contribution in [0, 0.1) is 0 Å². The summed E-state index contributed by atoms with van der Waals surface area (Å²) in [5, 5.41) is 3.44. The van der Waals surface area contributed by atoms with E-state index in [0.717, 1.165) is 30.6 Å². The van der Waals surface area contributed by atoms with E-state index in [1.54, 1.807) is 25.1 Å². The van der Waals surface area contributed by atoms with Crippen LogP contribution < -0.4 is 10.2 Å². The second kappa shape index (κ2) is 8.98. The fourth-order valence-electron chi connectivity index (χ4n) is 3.82. The molecular weight excluding hydrogens is 402 g/mol. The van der Waals surface area contributed by atoms with Crippen LogP contribution in [-0.4, -0.2) is 49.4 Å². The van der Waals surface area contributed by atoms with Crippen molar-refractivity contribution in [3.8, 4) is 0 Å². The van der Waals surface area contributed by atoms with Gasteiger partial charge >= 0.3 is 0 Å².